The van der Waals surface area contributed by atoms with Crippen LogP contribution in [0.25, 0.3) is 0 Å². The van der Waals surface area contributed by atoms with Crippen molar-refractivity contribution in [2.24, 2.45) is 10.7 Å². The minimum Gasteiger partial charge on any atom is -0.490 e. The quantitative estimate of drug-likeness (QED) is 0.622. The molecule has 3 rings (SSSR count). The molecule has 0 atom stereocenters. The molecule has 7 nitrogen and oxygen atoms in total. The first-order valence-electron chi connectivity index (χ1n) is 7.67. The van der Waals surface area contributed by atoms with Crippen molar-refractivity contribution in [2.75, 3.05) is 24.8 Å². The Kier molecular flexibility index (Phi) is 5.14. The van der Waals surface area contributed by atoms with Gasteiger partial charge in [0.1, 0.15) is 4.21 Å². The first-order chi connectivity index (χ1) is 11.9. The monoisotopic (exact) mass is 381 g/mol. The van der Waals surface area contributed by atoms with Gasteiger partial charge in [-0.15, -0.1) is 11.3 Å². The van der Waals surface area contributed by atoms with Gasteiger partial charge < -0.3 is 20.5 Å². The van der Waals surface area contributed by atoms with E-state index in [9.17, 15) is 8.42 Å². The molecule has 0 aliphatic carbocycles. The highest BCUT2D eigenvalue weighted by molar-refractivity contribution is 7.92. The molecule has 1 aliphatic rings. The number of benzene rings is 1. The summed E-state index contributed by atoms with van der Waals surface area (Å²) in [5.41, 5.74) is 6.65. The second-order valence-electron chi connectivity index (χ2n) is 5.53. The zero-order valence-electron chi connectivity index (χ0n) is 13.7. The van der Waals surface area contributed by atoms with Crippen LogP contribution in [0, 0.1) is 0 Å². The Labute approximate surface area is 150 Å². The molecule has 3 N–H and O–H groups in total. The molecule has 2 heterocycles. The number of nitrogens with one attached hydrogen (secondary N) is 1. The predicted octanol–water partition coefficient (Wildman–Crippen LogP) is 2.24. The lowest BCUT2D eigenvalue weighted by atomic mass is 10.3. The molecule has 1 aliphatic heterocycles. The SMILES string of the molecule is CS(=O)(=O)c1ccc(CN=C(N)Nc2ccc3c(c2)OCCCO3)s1. The molecule has 0 amide bonds. The van der Waals surface area contributed by atoms with Crippen LogP contribution >= 0.6 is 11.3 Å². The number of hydrogen-bond acceptors (Lipinski definition) is 6. The molecule has 0 spiro atoms. The number of nitrogens with two attached hydrogens (primary N) is 1. The number of guanidine groups is 1. The van der Waals surface area contributed by atoms with Crippen molar-refractivity contribution >= 4 is 32.8 Å². The fourth-order valence-electron chi connectivity index (χ4n) is 2.23. The van der Waals surface area contributed by atoms with E-state index >= 15 is 0 Å². The van der Waals surface area contributed by atoms with E-state index in [1.54, 1.807) is 12.1 Å². The van der Waals surface area contributed by atoms with E-state index in [-0.39, 0.29) is 5.96 Å². The topological polar surface area (TPSA) is 103 Å². The molecule has 1 aromatic carbocycles. The molecule has 25 heavy (non-hydrogen) atoms. The number of sulfone groups is 1. The van der Waals surface area contributed by atoms with Gasteiger partial charge >= 0.3 is 0 Å². The molecule has 0 saturated heterocycles. The van der Waals surface area contributed by atoms with Crippen LogP contribution in [0.4, 0.5) is 5.69 Å². The Balaban J connectivity index is 1.65. The summed E-state index contributed by atoms with van der Waals surface area (Å²) in [5, 5.41) is 3.00. The minimum absolute atomic E-state index is 0.240. The molecule has 0 bridgehead atoms. The van der Waals surface area contributed by atoms with Crippen LogP contribution in [-0.4, -0.2) is 33.8 Å². The Morgan fingerprint density at radius 2 is 2.00 bits per heavy atom. The van der Waals surface area contributed by atoms with Gasteiger partial charge in [-0.25, -0.2) is 13.4 Å². The summed E-state index contributed by atoms with van der Waals surface area (Å²) in [7, 11) is -3.18. The van der Waals surface area contributed by atoms with E-state index < -0.39 is 9.84 Å². The van der Waals surface area contributed by atoms with Crippen LogP contribution in [0.3, 0.4) is 0 Å². The third kappa shape index (κ3) is 4.64. The summed E-state index contributed by atoms with van der Waals surface area (Å²) in [5.74, 6) is 1.63. The largest absolute Gasteiger partial charge is 0.490 e. The van der Waals surface area contributed by atoms with E-state index in [2.05, 4.69) is 10.3 Å². The molecule has 0 unspecified atom stereocenters. The molecule has 0 radical (unpaired) electrons. The van der Waals surface area contributed by atoms with Crippen molar-refractivity contribution in [1.29, 1.82) is 0 Å². The van der Waals surface area contributed by atoms with Crippen molar-refractivity contribution in [2.45, 2.75) is 17.2 Å². The second kappa shape index (κ2) is 7.32. The summed E-state index contributed by atoms with van der Waals surface area (Å²) in [6.07, 6.45) is 2.03. The maximum Gasteiger partial charge on any atom is 0.193 e. The highest BCUT2D eigenvalue weighted by Crippen LogP contribution is 2.32. The molecule has 0 fully saturated rings. The molecule has 2 aromatic rings. The maximum atomic E-state index is 11.5. The number of ether oxygens (including phenoxy) is 2. The molecular weight excluding hydrogens is 362 g/mol. The Bertz CT molecular complexity index is 891. The average Bonchev–Trinajstić information content (AvgIpc) is 2.92. The fourth-order valence-corrected chi connectivity index (χ4v) is 4.14. The van der Waals surface area contributed by atoms with Crippen molar-refractivity contribution in [3.8, 4) is 11.5 Å². The molecule has 134 valence electrons. The van der Waals surface area contributed by atoms with E-state index in [0.717, 1.165) is 17.0 Å². The van der Waals surface area contributed by atoms with Crippen LogP contribution in [0.2, 0.25) is 0 Å². The van der Waals surface area contributed by atoms with E-state index in [1.807, 2.05) is 18.2 Å². The standard InChI is InChI=1S/C16H19N3O4S2/c1-25(20,21)15-6-4-12(24-15)10-18-16(17)19-11-3-5-13-14(9-11)23-8-2-7-22-13/h3-6,9H,2,7-8,10H2,1H3,(H3,17,18,19). The number of thiophene rings is 1. The van der Waals surface area contributed by atoms with Crippen LogP contribution in [0.15, 0.2) is 39.5 Å². The summed E-state index contributed by atoms with van der Waals surface area (Å²) in [4.78, 5) is 5.07. The lowest BCUT2D eigenvalue weighted by Crippen LogP contribution is -2.22. The molecular formula is C16H19N3O4S2. The molecule has 1 aromatic heterocycles. The predicted molar refractivity (Wildman–Crippen MR) is 98.4 cm³/mol. The average molecular weight is 381 g/mol. The van der Waals surface area contributed by atoms with Gasteiger partial charge in [-0.3, -0.25) is 0 Å². The van der Waals surface area contributed by atoms with E-state index in [0.29, 0.717) is 35.5 Å². The Morgan fingerprint density at radius 1 is 1.24 bits per heavy atom. The smallest absolute Gasteiger partial charge is 0.193 e. The van der Waals surface area contributed by atoms with Gasteiger partial charge in [-0.1, -0.05) is 0 Å². The fraction of sp³-hybridized carbons (Fsp3) is 0.312. The highest BCUT2D eigenvalue weighted by Gasteiger charge is 2.12. The Morgan fingerprint density at radius 3 is 2.72 bits per heavy atom. The summed E-state index contributed by atoms with van der Waals surface area (Å²) in [6, 6.07) is 8.80. The van der Waals surface area contributed by atoms with Crippen molar-refractivity contribution in [3.05, 3.63) is 35.2 Å². The number of anilines is 1. The van der Waals surface area contributed by atoms with E-state index in [4.69, 9.17) is 15.2 Å². The van der Waals surface area contributed by atoms with Crippen molar-refractivity contribution in [1.82, 2.24) is 0 Å². The van der Waals surface area contributed by atoms with Gasteiger partial charge in [0.15, 0.2) is 27.3 Å². The lowest BCUT2D eigenvalue weighted by Gasteiger charge is -2.10. The van der Waals surface area contributed by atoms with Crippen LogP contribution in [0.1, 0.15) is 11.3 Å². The van der Waals surface area contributed by atoms with Gasteiger partial charge in [0.25, 0.3) is 0 Å². The zero-order chi connectivity index (χ0) is 17.9. The second-order valence-corrected chi connectivity index (χ2v) is 8.94. The van der Waals surface area contributed by atoms with Crippen LogP contribution < -0.4 is 20.5 Å². The van der Waals surface area contributed by atoms with Crippen LogP contribution in [0.5, 0.6) is 11.5 Å². The number of rotatable bonds is 4. The maximum absolute atomic E-state index is 11.5. The first kappa shape index (κ1) is 17.6. The summed E-state index contributed by atoms with van der Waals surface area (Å²) >= 11 is 1.19. The van der Waals surface area contributed by atoms with Gasteiger partial charge in [0.2, 0.25) is 0 Å². The van der Waals surface area contributed by atoms with Crippen LogP contribution in [-0.2, 0) is 16.4 Å². The minimum atomic E-state index is -3.18. The number of hydrogen-bond donors (Lipinski definition) is 2. The first-order valence-corrected chi connectivity index (χ1v) is 10.4. The summed E-state index contributed by atoms with van der Waals surface area (Å²) in [6.45, 7) is 1.56. The van der Waals surface area contributed by atoms with Gasteiger partial charge in [0.05, 0.1) is 19.8 Å². The Hall–Kier alpha value is -2.26. The number of aliphatic imine (C=N–C) groups is 1. The van der Waals surface area contributed by atoms with Gasteiger partial charge in [0, 0.05) is 29.3 Å². The van der Waals surface area contributed by atoms with Gasteiger partial charge in [-0.05, 0) is 24.3 Å². The third-order valence-electron chi connectivity index (χ3n) is 3.43. The number of nitrogens with zero attached hydrogens (tertiary/aromatic N) is 1. The normalized spacial score (nSPS) is 14.8. The molecule has 0 saturated carbocycles. The lowest BCUT2D eigenvalue weighted by molar-refractivity contribution is 0.297. The van der Waals surface area contributed by atoms with Crippen molar-refractivity contribution < 1.29 is 17.9 Å². The number of fused-ring (bicyclic) bond motifs is 1. The molecule has 9 heteroatoms. The third-order valence-corrected chi connectivity index (χ3v) is 6.32. The van der Waals surface area contributed by atoms with Crippen molar-refractivity contribution in [3.63, 3.8) is 0 Å². The highest BCUT2D eigenvalue weighted by atomic mass is 32.2. The van der Waals surface area contributed by atoms with Gasteiger partial charge in [-0.2, -0.15) is 0 Å². The van der Waals surface area contributed by atoms with E-state index in [1.165, 1.54) is 17.6 Å². The summed E-state index contributed by atoms with van der Waals surface area (Å²) < 4.78 is 34.5. The zero-order valence-corrected chi connectivity index (χ0v) is 15.3.